The lowest BCUT2D eigenvalue weighted by molar-refractivity contribution is -0.402. The number of nitro groups is 1. The normalized spacial score (nSPS) is 15.4. The van der Waals surface area contributed by atoms with Crippen LogP contribution in [0.3, 0.4) is 0 Å². The number of anilines is 1. The molecular formula is C25H17ClN4O5S. The predicted octanol–water partition coefficient (Wildman–Crippen LogP) is 4.03. The maximum Gasteiger partial charge on any atom is 0.433 e. The lowest BCUT2D eigenvalue weighted by atomic mass is 9.95. The monoisotopic (exact) mass is 520 g/mol. The molecule has 0 fully saturated rings. The van der Waals surface area contributed by atoms with Crippen LogP contribution in [0.2, 0.25) is 5.02 Å². The smallest absolute Gasteiger partial charge is 0.401 e. The Balaban J connectivity index is 1.66. The molecule has 9 nitrogen and oxygen atoms in total. The zero-order valence-electron chi connectivity index (χ0n) is 18.7. The van der Waals surface area contributed by atoms with Crippen LogP contribution in [0, 0.1) is 10.1 Å². The molecule has 5 rings (SSSR count). The Bertz CT molecular complexity index is 1700. The SMILES string of the molecule is CC1=C(C(=O)Nc2ccccc2)[C@H](c2ccc(Cl)cc2)n2c(s/c(=C\c3ccc([N+](=O)[O-])o3)c2=O)=N1. The van der Waals surface area contributed by atoms with Crippen molar-refractivity contribution >= 4 is 46.5 Å². The van der Waals surface area contributed by atoms with Crippen molar-refractivity contribution in [1.29, 1.82) is 0 Å². The second-order valence-corrected chi connectivity index (χ2v) is 9.33. The molecule has 36 heavy (non-hydrogen) atoms. The number of carbonyl (C=O) groups is 1. The highest BCUT2D eigenvalue weighted by atomic mass is 35.5. The minimum absolute atomic E-state index is 0.160. The lowest BCUT2D eigenvalue weighted by Gasteiger charge is -2.25. The summed E-state index contributed by atoms with van der Waals surface area (Å²) in [5, 5.41) is 14.3. The number of benzene rings is 2. The Morgan fingerprint density at radius 3 is 2.56 bits per heavy atom. The van der Waals surface area contributed by atoms with Gasteiger partial charge in [-0.3, -0.25) is 24.3 Å². The molecule has 1 amide bonds. The van der Waals surface area contributed by atoms with Crippen LogP contribution in [-0.4, -0.2) is 15.4 Å². The van der Waals surface area contributed by atoms with Gasteiger partial charge in [0.1, 0.15) is 10.7 Å². The van der Waals surface area contributed by atoms with Crippen LogP contribution >= 0.6 is 22.9 Å². The summed E-state index contributed by atoms with van der Waals surface area (Å²) in [7, 11) is 0. The summed E-state index contributed by atoms with van der Waals surface area (Å²) in [6.45, 7) is 1.72. The molecule has 1 atom stereocenters. The number of allylic oxidation sites excluding steroid dienone is 1. The lowest BCUT2D eigenvalue weighted by Crippen LogP contribution is -2.40. The second-order valence-electron chi connectivity index (χ2n) is 7.89. The largest absolute Gasteiger partial charge is 0.433 e. The zero-order chi connectivity index (χ0) is 25.4. The van der Waals surface area contributed by atoms with Gasteiger partial charge in [-0.15, -0.1) is 0 Å². The van der Waals surface area contributed by atoms with Crippen LogP contribution in [-0.2, 0) is 4.79 Å². The van der Waals surface area contributed by atoms with E-state index in [0.717, 1.165) is 11.3 Å². The number of hydrogen-bond acceptors (Lipinski definition) is 7. The number of amides is 1. The van der Waals surface area contributed by atoms with Crippen LogP contribution in [0.5, 0.6) is 0 Å². The molecule has 0 unspecified atom stereocenters. The van der Waals surface area contributed by atoms with Crippen LogP contribution < -0.4 is 20.2 Å². The van der Waals surface area contributed by atoms with E-state index in [-0.39, 0.29) is 10.3 Å². The minimum atomic E-state index is -0.768. The van der Waals surface area contributed by atoms with Crippen LogP contribution in [0.15, 0.2) is 92.2 Å². The number of hydrogen-bond donors (Lipinski definition) is 1. The van der Waals surface area contributed by atoms with E-state index in [9.17, 15) is 19.7 Å². The highest BCUT2D eigenvalue weighted by Crippen LogP contribution is 2.31. The highest BCUT2D eigenvalue weighted by Gasteiger charge is 2.32. The van der Waals surface area contributed by atoms with Crippen molar-refractivity contribution in [2.24, 2.45) is 4.99 Å². The van der Waals surface area contributed by atoms with Crippen LogP contribution in [0.25, 0.3) is 6.08 Å². The Labute approximate surface area is 212 Å². The molecule has 2 aromatic heterocycles. The van der Waals surface area contributed by atoms with Gasteiger partial charge in [0.25, 0.3) is 11.5 Å². The molecule has 1 N–H and O–H groups in total. The van der Waals surface area contributed by atoms with Gasteiger partial charge in [-0.05, 0) is 42.8 Å². The molecule has 11 heteroatoms. The molecule has 0 spiro atoms. The molecule has 2 aromatic carbocycles. The number of furan rings is 1. The second kappa shape index (κ2) is 9.40. The molecule has 4 aromatic rings. The Kier molecular flexibility index (Phi) is 6.13. The number of carbonyl (C=O) groups excluding carboxylic acids is 1. The Morgan fingerprint density at radius 1 is 1.17 bits per heavy atom. The van der Waals surface area contributed by atoms with Gasteiger partial charge in [0.15, 0.2) is 4.80 Å². The Morgan fingerprint density at radius 2 is 1.89 bits per heavy atom. The number of rotatable bonds is 5. The van der Waals surface area contributed by atoms with Gasteiger partial charge < -0.3 is 9.73 Å². The van der Waals surface area contributed by atoms with Gasteiger partial charge in [0.05, 0.1) is 27.9 Å². The third-order valence-electron chi connectivity index (χ3n) is 5.55. The summed E-state index contributed by atoms with van der Waals surface area (Å²) in [5.74, 6) is -0.658. The highest BCUT2D eigenvalue weighted by molar-refractivity contribution is 7.07. The summed E-state index contributed by atoms with van der Waals surface area (Å²) >= 11 is 7.20. The summed E-state index contributed by atoms with van der Waals surface area (Å²) in [4.78, 5) is 42.3. The van der Waals surface area contributed by atoms with E-state index in [1.54, 1.807) is 55.5 Å². The van der Waals surface area contributed by atoms with E-state index in [1.807, 2.05) is 6.07 Å². The van der Waals surface area contributed by atoms with Gasteiger partial charge in [-0.1, -0.05) is 53.3 Å². The molecule has 3 heterocycles. The van der Waals surface area contributed by atoms with Crippen molar-refractivity contribution in [2.45, 2.75) is 13.0 Å². The first-order valence-electron chi connectivity index (χ1n) is 10.7. The summed E-state index contributed by atoms with van der Waals surface area (Å²) in [6.07, 6.45) is 1.43. The van der Waals surface area contributed by atoms with Crippen molar-refractivity contribution in [3.63, 3.8) is 0 Å². The number of fused-ring (bicyclic) bond motifs is 1. The van der Waals surface area contributed by atoms with Crippen molar-refractivity contribution in [3.05, 3.63) is 124 Å². The van der Waals surface area contributed by atoms with E-state index in [1.165, 1.54) is 22.8 Å². The molecular weight excluding hydrogens is 504 g/mol. The maximum atomic E-state index is 13.6. The fraction of sp³-hybridized carbons (Fsp3) is 0.0800. The fourth-order valence-corrected chi connectivity index (χ4v) is 5.09. The van der Waals surface area contributed by atoms with E-state index in [4.69, 9.17) is 16.0 Å². The van der Waals surface area contributed by atoms with Crippen molar-refractivity contribution in [2.75, 3.05) is 5.32 Å². The average molecular weight is 521 g/mol. The first kappa shape index (κ1) is 23.5. The number of nitrogens with zero attached hydrogens (tertiary/aromatic N) is 3. The standard InChI is InChI=1S/C25H17ClN4O5S/c1-14-21(23(31)28-17-5-3-2-4-6-17)22(15-7-9-16(26)10-8-15)29-24(32)19(36-25(29)27-14)13-18-11-12-20(35-18)30(33)34/h2-13,22H,1H3,(H,28,31)/b19-13-/t22-/m0/s1. The fourth-order valence-electron chi connectivity index (χ4n) is 3.94. The minimum Gasteiger partial charge on any atom is -0.401 e. The third kappa shape index (κ3) is 4.39. The van der Waals surface area contributed by atoms with Crippen LogP contribution in [0.1, 0.15) is 24.3 Å². The van der Waals surface area contributed by atoms with Crippen LogP contribution in [0.4, 0.5) is 11.6 Å². The quantitative estimate of drug-likeness (QED) is 0.315. The molecule has 0 saturated heterocycles. The molecule has 0 bridgehead atoms. The summed E-state index contributed by atoms with van der Waals surface area (Å²) in [6, 6.07) is 17.8. The van der Waals surface area contributed by atoms with Gasteiger partial charge in [-0.25, -0.2) is 4.99 Å². The molecule has 0 radical (unpaired) electrons. The van der Waals surface area contributed by atoms with Gasteiger partial charge in [-0.2, -0.15) is 0 Å². The van der Waals surface area contributed by atoms with Gasteiger partial charge in [0, 0.05) is 16.8 Å². The molecule has 180 valence electrons. The zero-order valence-corrected chi connectivity index (χ0v) is 20.2. The van der Waals surface area contributed by atoms with Gasteiger partial charge in [0.2, 0.25) is 0 Å². The Hall–Kier alpha value is -4.28. The van der Waals surface area contributed by atoms with E-state index < -0.39 is 28.3 Å². The molecule has 0 saturated carbocycles. The van der Waals surface area contributed by atoms with E-state index in [0.29, 0.717) is 32.3 Å². The maximum absolute atomic E-state index is 13.6. The molecule has 1 aliphatic rings. The first-order valence-corrected chi connectivity index (χ1v) is 11.9. The number of nitrogens with one attached hydrogen (secondary N) is 1. The number of aromatic nitrogens is 1. The van der Waals surface area contributed by atoms with Crippen molar-refractivity contribution in [3.8, 4) is 0 Å². The summed E-state index contributed by atoms with van der Waals surface area (Å²) in [5.41, 5.74) is 1.65. The predicted molar refractivity (Wildman–Crippen MR) is 136 cm³/mol. The molecule has 1 aliphatic heterocycles. The van der Waals surface area contributed by atoms with Crippen molar-refractivity contribution in [1.82, 2.24) is 4.57 Å². The van der Waals surface area contributed by atoms with E-state index in [2.05, 4.69) is 10.3 Å². The number of para-hydroxylation sites is 1. The first-order chi connectivity index (χ1) is 17.3. The average Bonchev–Trinajstić information content (AvgIpc) is 3.44. The summed E-state index contributed by atoms with van der Waals surface area (Å²) < 4.78 is 6.90. The number of halogens is 1. The van der Waals surface area contributed by atoms with Crippen molar-refractivity contribution < 1.29 is 14.1 Å². The molecule has 0 aliphatic carbocycles. The third-order valence-corrected chi connectivity index (χ3v) is 6.78. The number of thiazole rings is 1. The topological polar surface area (TPSA) is 120 Å². The van der Waals surface area contributed by atoms with E-state index >= 15 is 0 Å². The van der Waals surface area contributed by atoms with Gasteiger partial charge >= 0.3 is 5.88 Å².